The summed E-state index contributed by atoms with van der Waals surface area (Å²) in [6.45, 7) is 8.72. The number of likely N-dealkylation sites (tertiary alicyclic amines) is 1. The molecule has 0 saturated carbocycles. The quantitative estimate of drug-likeness (QED) is 0.733. The number of amides is 1. The van der Waals surface area contributed by atoms with Crippen LogP contribution in [-0.2, 0) is 14.3 Å². The van der Waals surface area contributed by atoms with Crippen LogP contribution in [0.25, 0.3) is 0 Å². The van der Waals surface area contributed by atoms with Gasteiger partial charge in [0, 0.05) is 6.54 Å². The SMILES string of the molecule is CCOC(=O)[C@@]1(C)C(=CF)CCN1C(=O)OC(C)(C)C. The van der Waals surface area contributed by atoms with Gasteiger partial charge in [-0.2, -0.15) is 0 Å². The van der Waals surface area contributed by atoms with Crippen LogP contribution in [0.1, 0.15) is 41.0 Å². The third-order valence-corrected chi connectivity index (χ3v) is 3.19. The lowest BCUT2D eigenvalue weighted by atomic mass is 9.94. The molecule has 114 valence electrons. The van der Waals surface area contributed by atoms with Crippen LogP contribution in [0.3, 0.4) is 0 Å². The number of carbonyl (C=O) groups is 2. The monoisotopic (exact) mass is 287 g/mol. The molecule has 1 saturated heterocycles. The zero-order chi connectivity index (χ0) is 15.6. The van der Waals surface area contributed by atoms with Gasteiger partial charge in [-0.1, -0.05) is 0 Å². The molecule has 0 radical (unpaired) electrons. The number of halogens is 1. The van der Waals surface area contributed by atoms with E-state index >= 15 is 0 Å². The van der Waals surface area contributed by atoms with E-state index in [0.29, 0.717) is 6.33 Å². The normalized spacial score (nSPS) is 24.9. The summed E-state index contributed by atoms with van der Waals surface area (Å²) in [5.74, 6) is -0.646. The van der Waals surface area contributed by atoms with E-state index in [1.54, 1.807) is 27.7 Å². The summed E-state index contributed by atoms with van der Waals surface area (Å²) in [5.41, 5.74) is -1.90. The van der Waals surface area contributed by atoms with Crippen LogP contribution in [-0.4, -0.2) is 41.3 Å². The first-order chi connectivity index (χ1) is 9.16. The van der Waals surface area contributed by atoms with Crippen molar-refractivity contribution in [3.8, 4) is 0 Å². The van der Waals surface area contributed by atoms with Gasteiger partial charge < -0.3 is 9.47 Å². The molecule has 1 aliphatic heterocycles. The zero-order valence-corrected chi connectivity index (χ0v) is 12.7. The number of hydrogen-bond donors (Lipinski definition) is 0. The maximum absolute atomic E-state index is 13.0. The summed E-state index contributed by atoms with van der Waals surface area (Å²) in [5, 5.41) is 0. The van der Waals surface area contributed by atoms with Gasteiger partial charge in [-0.3, -0.25) is 4.90 Å². The van der Waals surface area contributed by atoms with Crippen molar-refractivity contribution in [3.63, 3.8) is 0 Å². The molecule has 0 unspecified atom stereocenters. The summed E-state index contributed by atoms with van der Waals surface area (Å²) in [6, 6.07) is 0. The minimum absolute atomic E-state index is 0.163. The Labute approximate surface area is 118 Å². The minimum atomic E-state index is -1.44. The molecule has 20 heavy (non-hydrogen) atoms. The first-order valence-electron chi connectivity index (χ1n) is 6.64. The predicted octanol–water partition coefficient (Wildman–Crippen LogP) is 2.80. The average Bonchev–Trinajstić information content (AvgIpc) is 2.65. The number of nitrogens with zero attached hydrogens (tertiary/aromatic N) is 1. The molecule has 1 heterocycles. The van der Waals surface area contributed by atoms with Crippen molar-refractivity contribution in [2.45, 2.75) is 52.2 Å². The Bertz CT molecular complexity index is 427. The smallest absolute Gasteiger partial charge is 0.411 e. The molecule has 0 N–H and O–H groups in total. The fourth-order valence-corrected chi connectivity index (χ4v) is 2.14. The van der Waals surface area contributed by atoms with Crippen LogP contribution in [0.2, 0.25) is 0 Å². The highest BCUT2D eigenvalue weighted by Crippen LogP contribution is 2.36. The van der Waals surface area contributed by atoms with Crippen LogP contribution < -0.4 is 0 Å². The molecule has 1 amide bonds. The summed E-state index contributed by atoms with van der Waals surface area (Å²) >= 11 is 0. The van der Waals surface area contributed by atoms with Gasteiger partial charge in [0.25, 0.3) is 0 Å². The molecule has 1 aliphatic rings. The molecular weight excluding hydrogens is 265 g/mol. The predicted molar refractivity (Wildman–Crippen MR) is 71.8 cm³/mol. The van der Waals surface area contributed by atoms with Crippen molar-refractivity contribution < 1.29 is 23.5 Å². The fourth-order valence-electron chi connectivity index (χ4n) is 2.14. The van der Waals surface area contributed by atoms with Crippen molar-refractivity contribution in [2.24, 2.45) is 0 Å². The number of ether oxygens (including phenoxy) is 2. The Balaban J connectivity index is 3.06. The molecular formula is C14H22FNO4. The van der Waals surface area contributed by atoms with Crippen LogP contribution in [0.5, 0.6) is 0 Å². The number of esters is 1. The first-order valence-corrected chi connectivity index (χ1v) is 6.64. The molecule has 6 heteroatoms. The first kappa shape index (κ1) is 16.5. The summed E-state index contributed by atoms with van der Waals surface area (Å²) in [7, 11) is 0. The van der Waals surface area contributed by atoms with Crippen molar-refractivity contribution in [3.05, 3.63) is 11.9 Å². The lowest BCUT2D eigenvalue weighted by Gasteiger charge is -2.34. The number of rotatable bonds is 2. The Morgan fingerprint density at radius 1 is 1.45 bits per heavy atom. The Morgan fingerprint density at radius 2 is 2.05 bits per heavy atom. The van der Waals surface area contributed by atoms with E-state index in [0.717, 1.165) is 0 Å². The van der Waals surface area contributed by atoms with E-state index < -0.39 is 23.2 Å². The highest BCUT2D eigenvalue weighted by molar-refractivity contribution is 5.90. The van der Waals surface area contributed by atoms with Crippen LogP contribution in [0.4, 0.5) is 9.18 Å². The van der Waals surface area contributed by atoms with E-state index in [1.807, 2.05) is 0 Å². The third-order valence-electron chi connectivity index (χ3n) is 3.19. The summed E-state index contributed by atoms with van der Waals surface area (Å²) in [4.78, 5) is 25.6. The second-order valence-electron chi connectivity index (χ2n) is 5.81. The zero-order valence-electron chi connectivity index (χ0n) is 12.7. The van der Waals surface area contributed by atoms with Crippen LogP contribution in [0.15, 0.2) is 11.9 Å². The molecule has 0 aromatic rings. The van der Waals surface area contributed by atoms with Gasteiger partial charge in [0.2, 0.25) is 0 Å². The lowest BCUT2D eigenvalue weighted by molar-refractivity contribution is -0.152. The van der Waals surface area contributed by atoms with E-state index in [1.165, 1.54) is 11.8 Å². The number of hydrogen-bond acceptors (Lipinski definition) is 4. The van der Waals surface area contributed by atoms with Gasteiger partial charge in [-0.15, -0.1) is 0 Å². The Hall–Kier alpha value is -1.59. The topological polar surface area (TPSA) is 55.8 Å². The molecule has 5 nitrogen and oxygen atoms in total. The summed E-state index contributed by atoms with van der Waals surface area (Å²) < 4.78 is 23.3. The highest BCUT2D eigenvalue weighted by atomic mass is 19.1. The largest absolute Gasteiger partial charge is 0.464 e. The summed E-state index contributed by atoms with van der Waals surface area (Å²) in [6.07, 6.45) is 0.0108. The highest BCUT2D eigenvalue weighted by Gasteiger charge is 2.52. The fraction of sp³-hybridized carbons (Fsp3) is 0.714. The molecule has 0 aliphatic carbocycles. The second kappa shape index (κ2) is 5.81. The number of carbonyl (C=O) groups excluding carboxylic acids is 2. The van der Waals surface area contributed by atoms with Crippen LogP contribution in [0, 0.1) is 0 Å². The third kappa shape index (κ3) is 3.11. The van der Waals surface area contributed by atoms with Crippen molar-refractivity contribution in [1.82, 2.24) is 4.90 Å². The van der Waals surface area contributed by atoms with Crippen molar-refractivity contribution >= 4 is 12.1 Å². The maximum atomic E-state index is 13.0. The Morgan fingerprint density at radius 3 is 2.50 bits per heavy atom. The molecule has 1 atom stereocenters. The van der Waals surface area contributed by atoms with Gasteiger partial charge in [0.05, 0.1) is 12.9 Å². The molecule has 1 rings (SSSR count). The standard InChI is InChI=1S/C14H22FNO4/c1-6-19-11(17)14(5)10(9-15)7-8-16(14)12(18)20-13(2,3)4/h9H,6-8H2,1-5H3/t14-/m1/s1. The molecule has 0 aromatic heterocycles. The van der Waals surface area contributed by atoms with Gasteiger partial charge in [-0.25, -0.2) is 14.0 Å². The van der Waals surface area contributed by atoms with Crippen molar-refractivity contribution in [1.29, 1.82) is 0 Å². The van der Waals surface area contributed by atoms with Gasteiger partial charge in [0.15, 0.2) is 5.54 Å². The van der Waals surface area contributed by atoms with Gasteiger partial charge in [0.1, 0.15) is 5.60 Å². The molecule has 0 spiro atoms. The lowest BCUT2D eigenvalue weighted by Crippen LogP contribution is -2.53. The van der Waals surface area contributed by atoms with E-state index in [4.69, 9.17) is 9.47 Å². The van der Waals surface area contributed by atoms with E-state index in [2.05, 4.69) is 0 Å². The van der Waals surface area contributed by atoms with E-state index in [-0.39, 0.29) is 25.1 Å². The van der Waals surface area contributed by atoms with Crippen LogP contribution >= 0.6 is 0 Å². The second-order valence-corrected chi connectivity index (χ2v) is 5.81. The molecule has 1 fully saturated rings. The van der Waals surface area contributed by atoms with Gasteiger partial charge >= 0.3 is 12.1 Å². The van der Waals surface area contributed by atoms with E-state index in [9.17, 15) is 14.0 Å². The minimum Gasteiger partial charge on any atom is -0.464 e. The van der Waals surface area contributed by atoms with Gasteiger partial charge in [-0.05, 0) is 46.6 Å². The maximum Gasteiger partial charge on any atom is 0.411 e. The average molecular weight is 287 g/mol. The van der Waals surface area contributed by atoms with Crippen molar-refractivity contribution in [2.75, 3.05) is 13.2 Å². The molecule has 0 bridgehead atoms. The Kier molecular flexibility index (Phi) is 4.78. The molecule has 0 aromatic carbocycles.